The molecule has 8 nitrogen and oxygen atoms in total. The minimum absolute atomic E-state index is 0.0936. The third kappa shape index (κ3) is 4.69. The molecular formula is C21H30N4O4S. The van der Waals surface area contributed by atoms with Crippen molar-refractivity contribution in [3.8, 4) is 5.75 Å². The predicted molar refractivity (Wildman–Crippen MR) is 114 cm³/mol. The van der Waals surface area contributed by atoms with Crippen molar-refractivity contribution in [1.29, 1.82) is 0 Å². The van der Waals surface area contributed by atoms with Crippen LogP contribution in [0, 0.1) is 0 Å². The Morgan fingerprint density at radius 2 is 1.90 bits per heavy atom. The van der Waals surface area contributed by atoms with Crippen LogP contribution >= 0.6 is 0 Å². The van der Waals surface area contributed by atoms with Crippen molar-refractivity contribution in [3.05, 3.63) is 47.3 Å². The van der Waals surface area contributed by atoms with E-state index >= 15 is 0 Å². The van der Waals surface area contributed by atoms with E-state index in [0.717, 1.165) is 23.6 Å². The molecule has 0 bridgehead atoms. The third-order valence-corrected chi connectivity index (χ3v) is 7.79. The molecule has 2 aliphatic rings. The first-order valence-corrected chi connectivity index (χ1v) is 11.9. The van der Waals surface area contributed by atoms with Gasteiger partial charge in [0.05, 0.1) is 24.6 Å². The maximum Gasteiger partial charge on any atom is 0.282 e. The number of H-pyrrole nitrogens is 1. The van der Waals surface area contributed by atoms with E-state index in [1.807, 2.05) is 18.2 Å². The Hall–Kier alpha value is -1.94. The quantitative estimate of drug-likeness (QED) is 0.723. The van der Waals surface area contributed by atoms with Gasteiger partial charge in [0.2, 0.25) is 0 Å². The van der Waals surface area contributed by atoms with Crippen LogP contribution in [0.2, 0.25) is 0 Å². The summed E-state index contributed by atoms with van der Waals surface area (Å²) in [7, 11) is -3.43. The minimum Gasteiger partial charge on any atom is -0.487 e. The normalized spacial score (nSPS) is 21.4. The summed E-state index contributed by atoms with van der Waals surface area (Å²) in [6.07, 6.45) is 0.769. The van der Waals surface area contributed by atoms with Crippen molar-refractivity contribution < 1.29 is 17.9 Å². The van der Waals surface area contributed by atoms with Crippen molar-refractivity contribution in [3.63, 3.8) is 0 Å². The zero-order valence-corrected chi connectivity index (χ0v) is 18.4. The summed E-state index contributed by atoms with van der Waals surface area (Å²) in [6.45, 7) is 7.47. The summed E-state index contributed by atoms with van der Waals surface area (Å²) >= 11 is 0. The molecule has 1 N–H and O–H groups in total. The molecular weight excluding hydrogens is 404 g/mol. The Bertz CT molecular complexity index is 936. The van der Waals surface area contributed by atoms with Crippen molar-refractivity contribution in [1.82, 2.24) is 18.8 Å². The summed E-state index contributed by atoms with van der Waals surface area (Å²) in [5.41, 5.74) is 3.06. The van der Waals surface area contributed by atoms with E-state index in [4.69, 9.17) is 9.47 Å². The highest BCUT2D eigenvalue weighted by molar-refractivity contribution is 7.86. The Morgan fingerprint density at radius 1 is 1.17 bits per heavy atom. The Morgan fingerprint density at radius 3 is 2.60 bits per heavy atom. The van der Waals surface area contributed by atoms with Crippen molar-refractivity contribution in [2.75, 3.05) is 39.4 Å². The second kappa shape index (κ2) is 9.05. The van der Waals surface area contributed by atoms with E-state index in [0.29, 0.717) is 51.9 Å². The number of nitrogens with zero attached hydrogens (tertiary/aromatic N) is 3. The first-order chi connectivity index (χ1) is 14.4. The highest BCUT2D eigenvalue weighted by Gasteiger charge is 2.37. The molecule has 30 heavy (non-hydrogen) atoms. The van der Waals surface area contributed by atoms with Gasteiger partial charge in [-0.05, 0) is 36.1 Å². The highest BCUT2D eigenvalue weighted by atomic mass is 32.2. The average molecular weight is 435 g/mol. The van der Waals surface area contributed by atoms with Gasteiger partial charge in [-0.2, -0.15) is 22.1 Å². The number of aromatic amines is 1. The van der Waals surface area contributed by atoms with Gasteiger partial charge in [-0.3, -0.25) is 5.10 Å². The monoisotopic (exact) mass is 434 g/mol. The van der Waals surface area contributed by atoms with Gasteiger partial charge in [0.25, 0.3) is 10.2 Å². The zero-order chi connectivity index (χ0) is 21.1. The van der Waals surface area contributed by atoms with Gasteiger partial charge in [0, 0.05) is 32.1 Å². The van der Waals surface area contributed by atoms with Crippen LogP contribution < -0.4 is 4.74 Å². The molecule has 164 valence electrons. The number of nitrogens with one attached hydrogen (secondary N) is 1. The lowest BCUT2D eigenvalue weighted by atomic mass is 10.0. The van der Waals surface area contributed by atoms with Gasteiger partial charge in [-0.1, -0.05) is 26.0 Å². The van der Waals surface area contributed by atoms with Gasteiger partial charge < -0.3 is 9.47 Å². The number of morpholine rings is 1. The van der Waals surface area contributed by atoms with Crippen LogP contribution in [-0.2, 0) is 21.6 Å². The lowest BCUT2D eigenvalue weighted by molar-refractivity contribution is 0.0705. The zero-order valence-electron chi connectivity index (χ0n) is 17.6. The van der Waals surface area contributed by atoms with Crippen LogP contribution in [0.3, 0.4) is 0 Å². The SMILES string of the molecule is CC(C)c1ccc(OCc2cc(C3CCN(S(=O)(=O)N4CCOCC4)C3)n[nH]2)cc1. The molecule has 1 atom stereocenters. The molecule has 0 saturated carbocycles. The molecule has 9 heteroatoms. The van der Waals surface area contributed by atoms with Crippen LogP contribution in [0.5, 0.6) is 5.75 Å². The second-order valence-corrected chi connectivity index (χ2v) is 10.1. The van der Waals surface area contributed by atoms with E-state index in [1.54, 1.807) is 4.31 Å². The maximum atomic E-state index is 12.8. The van der Waals surface area contributed by atoms with Gasteiger partial charge in [0.15, 0.2) is 0 Å². The molecule has 2 aliphatic heterocycles. The van der Waals surface area contributed by atoms with Crippen LogP contribution in [0.1, 0.15) is 49.1 Å². The molecule has 2 fully saturated rings. The molecule has 0 amide bonds. The molecule has 0 radical (unpaired) electrons. The standard InChI is InChI=1S/C21H30N4O4S/c1-16(2)17-3-5-20(6-4-17)29-15-19-13-21(23-22-19)18-7-8-25(14-18)30(26,27)24-9-11-28-12-10-24/h3-6,13,16,18H,7-12,14-15H2,1-2H3,(H,22,23). The van der Waals surface area contributed by atoms with E-state index in [1.165, 1.54) is 9.87 Å². The van der Waals surface area contributed by atoms with Crippen LogP contribution in [0.15, 0.2) is 30.3 Å². The number of hydrogen-bond acceptors (Lipinski definition) is 5. The molecule has 1 aromatic heterocycles. The van der Waals surface area contributed by atoms with Gasteiger partial charge in [-0.15, -0.1) is 0 Å². The van der Waals surface area contributed by atoms with Crippen LogP contribution in [-0.4, -0.2) is 66.6 Å². The molecule has 0 spiro atoms. The summed E-state index contributed by atoms with van der Waals surface area (Å²) < 4.78 is 39.9. The second-order valence-electron chi connectivity index (χ2n) is 8.19. The summed E-state index contributed by atoms with van der Waals surface area (Å²) in [6, 6.07) is 10.1. The van der Waals surface area contributed by atoms with Crippen LogP contribution in [0.25, 0.3) is 0 Å². The van der Waals surface area contributed by atoms with Gasteiger partial charge in [0.1, 0.15) is 12.4 Å². The number of ether oxygens (including phenoxy) is 2. The molecule has 1 unspecified atom stereocenters. The average Bonchev–Trinajstić information content (AvgIpc) is 3.43. The molecule has 1 aromatic carbocycles. The molecule has 3 heterocycles. The smallest absolute Gasteiger partial charge is 0.282 e. The fraction of sp³-hybridized carbons (Fsp3) is 0.571. The first kappa shape index (κ1) is 21.3. The van der Waals surface area contributed by atoms with Crippen molar-refractivity contribution in [2.45, 2.75) is 38.7 Å². The summed E-state index contributed by atoms with van der Waals surface area (Å²) in [5, 5.41) is 7.45. The first-order valence-electron chi connectivity index (χ1n) is 10.5. The molecule has 0 aliphatic carbocycles. The summed E-state index contributed by atoms with van der Waals surface area (Å²) in [4.78, 5) is 0. The fourth-order valence-electron chi connectivity index (χ4n) is 3.89. The van der Waals surface area contributed by atoms with Crippen molar-refractivity contribution >= 4 is 10.2 Å². The predicted octanol–water partition coefficient (Wildman–Crippen LogP) is 2.48. The van der Waals surface area contributed by atoms with Crippen LogP contribution in [0.4, 0.5) is 0 Å². The largest absolute Gasteiger partial charge is 0.487 e. The summed E-state index contributed by atoms with van der Waals surface area (Å²) in [5.74, 6) is 1.41. The third-order valence-electron chi connectivity index (χ3n) is 5.78. The Labute approximate surface area is 178 Å². The lowest BCUT2D eigenvalue weighted by Crippen LogP contribution is -2.47. The molecule has 2 saturated heterocycles. The highest BCUT2D eigenvalue weighted by Crippen LogP contribution is 2.29. The lowest BCUT2D eigenvalue weighted by Gasteiger charge is -2.30. The van der Waals surface area contributed by atoms with Gasteiger partial charge in [-0.25, -0.2) is 0 Å². The van der Waals surface area contributed by atoms with Gasteiger partial charge >= 0.3 is 0 Å². The minimum atomic E-state index is -3.43. The van der Waals surface area contributed by atoms with E-state index in [9.17, 15) is 8.42 Å². The van der Waals surface area contributed by atoms with E-state index in [-0.39, 0.29) is 5.92 Å². The molecule has 4 rings (SSSR count). The number of benzene rings is 1. The number of rotatable bonds is 7. The topological polar surface area (TPSA) is 87.8 Å². The maximum absolute atomic E-state index is 12.8. The Kier molecular flexibility index (Phi) is 6.43. The number of aromatic nitrogens is 2. The fourth-order valence-corrected chi connectivity index (χ4v) is 5.53. The van der Waals surface area contributed by atoms with Crippen molar-refractivity contribution in [2.24, 2.45) is 0 Å². The van der Waals surface area contributed by atoms with E-state index in [2.05, 4.69) is 36.2 Å². The Balaban J connectivity index is 1.33. The van der Waals surface area contributed by atoms with E-state index < -0.39 is 10.2 Å². The molecule has 2 aromatic rings. The number of hydrogen-bond donors (Lipinski definition) is 1.